The van der Waals surface area contributed by atoms with E-state index in [-0.39, 0.29) is 11.7 Å². The molecule has 0 fully saturated rings. The third-order valence-corrected chi connectivity index (χ3v) is 4.15. The molecule has 134 valence electrons. The van der Waals surface area contributed by atoms with Crippen LogP contribution in [-0.4, -0.2) is 28.3 Å². The number of aryl methyl sites for hydroxylation is 2. The summed E-state index contributed by atoms with van der Waals surface area (Å²) in [5, 5.41) is 20.0. The topological polar surface area (TPSA) is 87.2 Å². The van der Waals surface area contributed by atoms with Crippen molar-refractivity contribution in [1.82, 2.24) is 15.5 Å². The van der Waals surface area contributed by atoms with Crippen molar-refractivity contribution >= 4 is 5.91 Å². The maximum Gasteiger partial charge on any atom is 0.269 e. The van der Waals surface area contributed by atoms with E-state index in [9.17, 15) is 9.90 Å². The number of phenols is 1. The van der Waals surface area contributed by atoms with Gasteiger partial charge in [0.1, 0.15) is 17.2 Å². The highest BCUT2D eigenvalue weighted by Gasteiger charge is 2.15. The minimum absolute atomic E-state index is 0.152. The van der Waals surface area contributed by atoms with E-state index in [1.807, 2.05) is 44.2 Å². The Balaban J connectivity index is 1.72. The van der Waals surface area contributed by atoms with Crippen LogP contribution in [0.25, 0.3) is 11.3 Å². The van der Waals surface area contributed by atoms with Gasteiger partial charge < -0.3 is 15.2 Å². The zero-order chi connectivity index (χ0) is 18.7. The summed E-state index contributed by atoms with van der Waals surface area (Å²) in [6.07, 6.45) is 0. The molecule has 0 bridgehead atoms. The van der Waals surface area contributed by atoms with Crippen molar-refractivity contribution in [3.8, 4) is 22.8 Å². The second kappa shape index (κ2) is 7.31. The third-order valence-electron chi connectivity index (χ3n) is 4.15. The number of H-pyrrole nitrogens is 1. The Hall–Kier alpha value is -3.28. The van der Waals surface area contributed by atoms with Gasteiger partial charge in [0.25, 0.3) is 5.91 Å². The lowest BCUT2D eigenvalue weighted by molar-refractivity contribution is 0.0946. The summed E-state index contributed by atoms with van der Waals surface area (Å²) in [4.78, 5) is 12.3. The van der Waals surface area contributed by atoms with Gasteiger partial charge in [0, 0.05) is 12.1 Å². The van der Waals surface area contributed by atoms with Crippen LogP contribution in [0.2, 0.25) is 0 Å². The molecule has 0 radical (unpaired) electrons. The van der Waals surface area contributed by atoms with Gasteiger partial charge in [-0.2, -0.15) is 5.10 Å². The smallest absolute Gasteiger partial charge is 0.269 e. The lowest BCUT2D eigenvalue weighted by atomic mass is 10.0. The molecule has 6 heteroatoms. The number of methoxy groups -OCH3 is 1. The van der Waals surface area contributed by atoms with Crippen LogP contribution in [0.4, 0.5) is 0 Å². The van der Waals surface area contributed by atoms with Crippen LogP contribution in [0, 0.1) is 13.8 Å². The third kappa shape index (κ3) is 3.69. The number of rotatable bonds is 5. The molecule has 0 aliphatic heterocycles. The summed E-state index contributed by atoms with van der Waals surface area (Å²) in [5.74, 6) is 0.662. The van der Waals surface area contributed by atoms with Crippen LogP contribution < -0.4 is 10.1 Å². The van der Waals surface area contributed by atoms with Crippen LogP contribution in [0.15, 0.2) is 42.5 Å². The predicted octanol–water partition coefficient (Wildman–Crippen LogP) is 3.34. The van der Waals surface area contributed by atoms with Crippen molar-refractivity contribution in [2.45, 2.75) is 20.4 Å². The maximum absolute atomic E-state index is 12.3. The summed E-state index contributed by atoms with van der Waals surface area (Å²) >= 11 is 0. The maximum atomic E-state index is 12.3. The van der Waals surface area contributed by atoms with Crippen molar-refractivity contribution in [3.05, 3.63) is 64.8 Å². The van der Waals surface area contributed by atoms with Crippen LogP contribution >= 0.6 is 0 Å². The average molecular weight is 351 g/mol. The number of aromatic hydroxyl groups is 1. The fraction of sp³-hybridized carbons (Fsp3) is 0.200. The predicted molar refractivity (Wildman–Crippen MR) is 99.3 cm³/mol. The Bertz CT molecular complexity index is 907. The number of nitrogens with zero attached hydrogens (tertiary/aromatic N) is 1. The van der Waals surface area contributed by atoms with E-state index < -0.39 is 0 Å². The lowest BCUT2D eigenvalue weighted by Gasteiger charge is -2.07. The highest BCUT2D eigenvalue weighted by Crippen LogP contribution is 2.32. The van der Waals surface area contributed by atoms with Crippen molar-refractivity contribution in [3.63, 3.8) is 0 Å². The van der Waals surface area contributed by atoms with Gasteiger partial charge in [0.15, 0.2) is 0 Å². The molecule has 3 N–H and O–H groups in total. The number of carbonyl (C=O) groups is 1. The van der Waals surface area contributed by atoms with Crippen molar-refractivity contribution in [1.29, 1.82) is 0 Å². The number of nitrogens with one attached hydrogen (secondary N) is 2. The molecule has 0 saturated carbocycles. The molecule has 0 atom stereocenters. The largest absolute Gasteiger partial charge is 0.507 e. The summed E-state index contributed by atoms with van der Waals surface area (Å²) in [5.41, 5.74) is 4.34. The number of carbonyl (C=O) groups excluding carboxylic acids is 1. The van der Waals surface area contributed by atoms with E-state index in [0.717, 1.165) is 22.4 Å². The Morgan fingerprint density at radius 1 is 1.19 bits per heavy atom. The molecular formula is C20H21N3O3. The first-order valence-corrected chi connectivity index (χ1v) is 8.25. The Morgan fingerprint density at radius 2 is 1.92 bits per heavy atom. The van der Waals surface area contributed by atoms with Gasteiger partial charge in [-0.05, 0) is 54.8 Å². The Kier molecular flexibility index (Phi) is 4.93. The van der Waals surface area contributed by atoms with Crippen LogP contribution in [0.5, 0.6) is 11.5 Å². The summed E-state index contributed by atoms with van der Waals surface area (Å²) in [7, 11) is 1.61. The van der Waals surface area contributed by atoms with Crippen LogP contribution in [0.3, 0.4) is 0 Å². The highest BCUT2D eigenvalue weighted by molar-refractivity contribution is 5.93. The molecule has 26 heavy (non-hydrogen) atoms. The van der Waals surface area contributed by atoms with Gasteiger partial charge >= 0.3 is 0 Å². The molecule has 3 rings (SSSR count). The average Bonchev–Trinajstić information content (AvgIpc) is 3.09. The number of phenolic OH excluding ortho intramolecular Hbond substituents is 1. The first-order chi connectivity index (χ1) is 12.5. The number of benzene rings is 2. The van der Waals surface area contributed by atoms with Gasteiger partial charge in [-0.1, -0.05) is 18.2 Å². The molecule has 1 heterocycles. The molecule has 1 amide bonds. The number of hydrogen-bond donors (Lipinski definition) is 3. The highest BCUT2D eigenvalue weighted by atomic mass is 16.5. The van der Waals surface area contributed by atoms with Gasteiger partial charge in [0.2, 0.25) is 0 Å². The standard InChI is InChI=1S/C20H21N3O3/c1-12-8-13(2)19(18(24)9-12)16-10-17(23-22-16)20(25)21-11-14-4-6-15(26-3)7-5-14/h4-10,24H,11H2,1-3H3,(H,21,25)(H,22,23). The molecular weight excluding hydrogens is 330 g/mol. The number of amides is 1. The SMILES string of the molecule is COc1ccc(CNC(=O)c2cc(-c3c(C)cc(C)cc3O)n[nH]2)cc1. The minimum atomic E-state index is -0.260. The molecule has 0 aliphatic carbocycles. The lowest BCUT2D eigenvalue weighted by Crippen LogP contribution is -2.23. The van der Waals surface area contributed by atoms with Crippen LogP contribution in [-0.2, 0) is 6.54 Å². The van der Waals surface area contributed by atoms with Crippen molar-refractivity contribution in [2.24, 2.45) is 0 Å². The summed E-state index contributed by atoms with van der Waals surface area (Å²) in [6.45, 7) is 4.21. The molecule has 0 saturated heterocycles. The fourth-order valence-corrected chi connectivity index (χ4v) is 2.87. The summed E-state index contributed by atoms with van der Waals surface area (Å²) in [6, 6.07) is 12.8. The molecule has 0 aliphatic rings. The van der Waals surface area contributed by atoms with E-state index in [1.54, 1.807) is 19.2 Å². The van der Waals surface area contributed by atoms with Gasteiger partial charge in [-0.15, -0.1) is 0 Å². The fourth-order valence-electron chi connectivity index (χ4n) is 2.87. The van der Waals surface area contributed by atoms with Gasteiger partial charge in [-0.25, -0.2) is 0 Å². The van der Waals surface area contributed by atoms with Gasteiger partial charge in [-0.3, -0.25) is 9.89 Å². The second-order valence-corrected chi connectivity index (χ2v) is 6.17. The second-order valence-electron chi connectivity index (χ2n) is 6.17. The first-order valence-electron chi connectivity index (χ1n) is 8.25. The molecule has 3 aromatic rings. The zero-order valence-electron chi connectivity index (χ0n) is 15.0. The molecule has 6 nitrogen and oxygen atoms in total. The monoisotopic (exact) mass is 351 g/mol. The number of hydrogen-bond acceptors (Lipinski definition) is 4. The quantitative estimate of drug-likeness (QED) is 0.658. The number of ether oxygens (including phenoxy) is 1. The van der Waals surface area contributed by atoms with E-state index >= 15 is 0 Å². The molecule has 0 spiro atoms. The van der Waals surface area contributed by atoms with Crippen LogP contribution in [0.1, 0.15) is 27.2 Å². The summed E-state index contributed by atoms with van der Waals surface area (Å²) < 4.78 is 5.11. The van der Waals surface area contributed by atoms with E-state index in [0.29, 0.717) is 23.5 Å². The normalized spacial score (nSPS) is 10.6. The van der Waals surface area contributed by atoms with Crippen molar-refractivity contribution < 1.29 is 14.6 Å². The van der Waals surface area contributed by atoms with Crippen molar-refractivity contribution in [2.75, 3.05) is 7.11 Å². The van der Waals surface area contributed by atoms with E-state index in [2.05, 4.69) is 15.5 Å². The first kappa shape index (κ1) is 17.5. The van der Waals surface area contributed by atoms with E-state index in [1.165, 1.54) is 0 Å². The number of aromatic nitrogens is 2. The zero-order valence-corrected chi connectivity index (χ0v) is 15.0. The number of aromatic amines is 1. The molecule has 1 aromatic heterocycles. The minimum Gasteiger partial charge on any atom is -0.507 e. The van der Waals surface area contributed by atoms with E-state index in [4.69, 9.17) is 4.74 Å². The van der Waals surface area contributed by atoms with Gasteiger partial charge in [0.05, 0.1) is 12.8 Å². The Morgan fingerprint density at radius 3 is 2.58 bits per heavy atom. The Labute approximate surface area is 151 Å². The molecule has 2 aromatic carbocycles. The molecule has 0 unspecified atom stereocenters.